The predicted molar refractivity (Wildman–Crippen MR) is 43.3 cm³/mol. The van der Waals surface area contributed by atoms with E-state index in [1.54, 1.807) is 0 Å². The molecule has 1 N–H and O–H groups in total. The second-order valence-corrected chi connectivity index (χ2v) is 3.36. The summed E-state index contributed by atoms with van der Waals surface area (Å²) in [6.45, 7) is 8.73. The lowest BCUT2D eigenvalue weighted by Crippen LogP contribution is -2.31. The number of nitrogens with one attached hydrogen (secondary N) is 1. The highest BCUT2D eigenvalue weighted by atomic mass is 15.5. The van der Waals surface area contributed by atoms with E-state index in [1.807, 2.05) is 0 Å². The summed E-state index contributed by atoms with van der Waals surface area (Å²) >= 11 is 0. The quantitative estimate of drug-likeness (QED) is 0.623. The summed E-state index contributed by atoms with van der Waals surface area (Å²) in [7, 11) is 0. The van der Waals surface area contributed by atoms with Gasteiger partial charge in [0.05, 0.1) is 0 Å². The van der Waals surface area contributed by atoms with Crippen LogP contribution < -0.4 is 5.43 Å². The van der Waals surface area contributed by atoms with Gasteiger partial charge in [0.15, 0.2) is 0 Å². The molecule has 1 rings (SSSR count). The summed E-state index contributed by atoms with van der Waals surface area (Å²) in [5, 5.41) is 2.17. The van der Waals surface area contributed by atoms with Crippen molar-refractivity contribution in [3.63, 3.8) is 0 Å². The fraction of sp³-hybridized carbons (Fsp3) is 0.750. The minimum absolute atomic E-state index is 0.731. The lowest BCUT2D eigenvalue weighted by Gasteiger charge is -2.17. The maximum atomic E-state index is 3.28. The van der Waals surface area contributed by atoms with Crippen molar-refractivity contribution < 1.29 is 0 Å². The van der Waals surface area contributed by atoms with Gasteiger partial charge < -0.3 is 5.01 Å². The molecule has 0 spiro atoms. The van der Waals surface area contributed by atoms with Crippen molar-refractivity contribution in [2.75, 3.05) is 13.1 Å². The summed E-state index contributed by atoms with van der Waals surface area (Å²) in [5.74, 6) is 0.731. The van der Waals surface area contributed by atoms with E-state index < -0.39 is 0 Å². The minimum atomic E-state index is 0.731. The van der Waals surface area contributed by atoms with Crippen LogP contribution in [-0.2, 0) is 0 Å². The molecule has 1 heterocycles. The van der Waals surface area contributed by atoms with Gasteiger partial charge in [0, 0.05) is 19.3 Å². The normalized spacial score (nSPS) is 18.4. The molecule has 0 saturated heterocycles. The Morgan fingerprint density at radius 1 is 1.70 bits per heavy atom. The number of hydrogen-bond donors (Lipinski definition) is 1. The smallest absolute Gasteiger partial charge is 0.0375 e. The molecule has 58 valence electrons. The Hall–Kier alpha value is -0.500. The summed E-state index contributed by atoms with van der Waals surface area (Å²) in [6, 6.07) is 0. The fourth-order valence-electron chi connectivity index (χ4n) is 1.09. The molecule has 0 radical (unpaired) electrons. The van der Waals surface area contributed by atoms with E-state index in [4.69, 9.17) is 0 Å². The highest BCUT2D eigenvalue weighted by Gasteiger charge is 2.08. The summed E-state index contributed by atoms with van der Waals surface area (Å²) in [4.78, 5) is 0. The zero-order chi connectivity index (χ0) is 7.56. The Bertz CT molecular complexity index is 138. The van der Waals surface area contributed by atoms with Crippen molar-refractivity contribution in [3.8, 4) is 0 Å². The zero-order valence-corrected chi connectivity index (χ0v) is 7.02. The van der Waals surface area contributed by atoms with Gasteiger partial charge in [0.25, 0.3) is 0 Å². The molecule has 0 aromatic carbocycles. The molecule has 0 saturated carbocycles. The van der Waals surface area contributed by atoms with Gasteiger partial charge in [-0.05, 0) is 18.4 Å². The molecule has 0 unspecified atom stereocenters. The number of hydrazine groups is 1. The van der Waals surface area contributed by atoms with Gasteiger partial charge >= 0.3 is 0 Å². The van der Waals surface area contributed by atoms with Crippen molar-refractivity contribution >= 4 is 0 Å². The van der Waals surface area contributed by atoms with Crippen LogP contribution in [0.15, 0.2) is 11.8 Å². The van der Waals surface area contributed by atoms with E-state index in [2.05, 4.69) is 37.4 Å². The van der Waals surface area contributed by atoms with Gasteiger partial charge in [0.2, 0.25) is 0 Å². The molecule has 0 aliphatic carbocycles. The van der Waals surface area contributed by atoms with Gasteiger partial charge in [-0.3, -0.25) is 0 Å². The second-order valence-electron chi connectivity index (χ2n) is 3.36. The van der Waals surface area contributed by atoms with E-state index in [-0.39, 0.29) is 0 Å². The Labute approximate surface area is 62.9 Å². The van der Waals surface area contributed by atoms with E-state index in [0.717, 1.165) is 19.0 Å². The van der Waals surface area contributed by atoms with Gasteiger partial charge in [-0.1, -0.05) is 13.8 Å². The van der Waals surface area contributed by atoms with E-state index in [0.29, 0.717) is 0 Å². The molecule has 0 bridgehead atoms. The number of hydrogen-bond acceptors (Lipinski definition) is 2. The lowest BCUT2D eigenvalue weighted by molar-refractivity contribution is 0.272. The molecule has 0 aromatic heterocycles. The molecule has 2 heteroatoms. The first kappa shape index (κ1) is 7.61. The standard InChI is InChI=1S/C8H16N2/c1-7(2)5-10-6-8(3)4-9-10/h6-7,9H,4-5H2,1-3H3. The third-order valence-corrected chi connectivity index (χ3v) is 1.50. The first-order valence-corrected chi connectivity index (χ1v) is 3.86. The van der Waals surface area contributed by atoms with Crippen LogP contribution in [0.4, 0.5) is 0 Å². The Morgan fingerprint density at radius 3 is 2.80 bits per heavy atom. The predicted octanol–water partition coefficient (Wildman–Crippen LogP) is 1.37. The maximum Gasteiger partial charge on any atom is 0.0375 e. The minimum Gasteiger partial charge on any atom is -0.315 e. The first-order valence-electron chi connectivity index (χ1n) is 3.86. The lowest BCUT2D eigenvalue weighted by atomic mass is 10.2. The summed E-state index contributed by atoms with van der Waals surface area (Å²) < 4.78 is 0. The largest absolute Gasteiger partial charge is 0.315 e. The Morgan fingerprint density at radius 2 is 2.40 bits per heavy atom. The van der Waals surface area contributed by atoms with Crippen molar-refractivity contribution in [2.24, 2.45) is 5.92 Å². The molecule has 0 atom stereocenters. The van der Waals surface area contributed by atoms with Crippen LogP contribution in [0, 0.1) is 5.92 Å². The molecule has 0 amide bonds. The van der Waals surface area contributed by atoms with Crippen molar-refractivity contribution in [1.29, 1.82) is 0 Å². The monoisotopic (exact) mass is 140 g/mol. The van der Waals surface area contributed by atoms with Gasteiger partial charge in [-0.25, -0.2) is 5.43 Å². The molecular weight excluding hydrogens is 124 g/mol. The molecule has 2 nitrogen and oxygen atoms in total. The molecule has 1 aliphatic heterocycles. The van der Waals surface area contributed by atoms with E-state index in [9.17, 15) is 0 Å². The highest BCUT2D eigenvalue weighted by Crippen LogP contribution is 2.05. The van der Waals surface area contributed by atoms with Crippen molar-refractivity contribution in [3.05, 3.63) is 11.8 Å². The second kappa shape index (κ2) is 3.06. The van der Waals surface area contributed by atoms with Crippen molar-refractivity contribution in [2.45, 2.75) is 20.8 Å². The van der Waals surface area contributed by atoms with Crippen LogP contribution in [0.5, 0.6) is 0 Å². The molecule has 1 aliphatic rings. The molecular formula is C8H16N2. The topological polar surface area (TPSA) is 15.3 Å². The van der Waals surface area contributed by atoms with E-state index in [1.165, 1.54) is 5.57 Å². The molecule has 0 fully saturated rings. The Kier molecular flexibility index (Phi) is 2.33. The zero-order valence-electron chi connectivity index (χ0n) is 7.02. The van der Waals surface area contributed by atoms with Crippen LogP contribution >= 0.6 is 0 Å². The summed E-state index contributed by atoms with van der Waals surface area (Å²) in [5.41, 5.74) is 4.70. The maximum absolute atomic E-state index is 3.28. The van der Waals surface area contributed by atoms with Crippen LogP contribution in [0.25, 0.3) is 0 Å². The first-order chi connectivity index (χ1) is 4.68. The fourth-order valence-corrected chi connectivity index (χ4v) is 1.09. The highest BCUT2D eigenvalue weighted by molar-refractivity contribution is 5.03. The number of rotatable bonds is 2. The van der Waals surface area contributed by atoms with E-state index >= 15 is 0 Å². The van der Waals surface area contributed by atoms with Crippen LogP contribution in [0.1, 0.15) is 20.8 Å². The van der Waals surface area contributed by atoms with Gasteiger partial charge in [-0.15, -0.1) is 0 Å². The molecule has 0 aromatic rings. The van der Waals surface area contributed by atoms with Gasteiger partial charge in [0.1, 0.15) is 0 Å². The van der Waals surface area contributed by atoms with Gasteiger partial charge in [-0.2, -0.15) is 0 Å². The van der Waals surface area contributed by atoms with Crippen molar-refractivity contribution in [1.82, 2.24) is 10.4 Å². The molecule has 10 heavy (non-hydrogen) atoms. The average Bonchev–Trinajstić information content (AvgIpc) is 2.13. The Balaban J connectivity index is 2.31. The SMILES string of the molecule is CC1=CN(CC(C)C)NC1. The van der Waals surface area contributed by atoms with Crippen LogP contribution in [0.2, 0.25) is 0 Å². The van der Waals surface area contributed by atoms with Crippen LogP contribution in [-0.4, -0.2) is 18.1 Å². The third-order valence-electron chi connectivity index (χ3n) is 1.50. The van der Waals surface area contributed by atoms with Crippen LogP contribution in [0.3, 0.4) is 0 Å². The third kappa shape index (κ3) is 2.03. The average molecular weight is 140 g/mol. The summed E-state index contributed by atoms with van der Waals surface area (Å²) in [6.07, 6.45) is 2.18. The number of nitrogens with zero attached hydrogens (tertiary/aromatic N) is 1.